The van der Waals surface area contributed by atoms with E-state index in [1.807, 2.05) is 26.2 Å². The minimum atomic E-state index is -0.634. The maximum atomic E-state index is 15.4. The molecule has 2 aliphatic carbocycles. The maximum absolute atomic E-state index is 15.4. The summed E-state index contributed by atoms with van der Waals surface area (Å²) in [4.78, 5) is 20.9. The Hall–Kier alpha value is -4.01. The molecule has 1 aromatic carbocycles. The molecule has 44 heavy (non-hydrogen) atoms. The number of halogens is 1. The molecule has 0 amide bonds. The highest BCUT2D eigenvalue weighted by molar-refractivity contribution is 5.64. The molecular formula is C33H42FN9O. The van der Waals surface area contributed by atoms with Crippen molar-refractivity contribution in [1.29, 1.82) is 5.26 Å². The second-order valence-corrected chi connectivity index (χ2v) is 13.3. The van der Waals surface area contributed by atoms with Crippen molar-refractivity contribution in [3.05, 3.63) is 63.7 Å². The first-order valence-corrected chi connectivity index (χ1v) is 15.3. The number of benzene rings is 1. The highest BCUT2D eigenvalue weighted by Gasteiger charge is 2.48. The number of rotatable bonds is 8. The van der Waals surface area contributed by atoms with Crippen LogP contribution in [0.4, 0.5) is 21.7 Å². The van der Waals surface area contributed by atoms with Gasteiger partial charge in [-0.15, -0.1) is 0 Å². The first-order chi connectivity index (χ1) is 21.0. The molecule has 1 fully saturated rings. The van der Waals surface area contributed by atoms with Crippen LogP contribution in [0.2, 0.25) is 0 Å². The summed E-state index contributed by atoms with van der Waals surface area (Å²) < 4.78 is 21.8. The Kier molecular flexibility index (Phi) is 7.62. The van der Waals surface area contributed by atoms with E-state index in [4.69, 9.17) is 26.2 Å². The van der Waals surface area contributed by atoms with Gasteiger partial charge in [0.25, 0.3) is 0 Å². The first kappa shape index (κ1) is 30.0. The van der Waals surface area contributed by atoms with Crippen molar-refractivity contribution in [3.63, 3.8) is 0 Å². The molecule has 2 aromatic heterocycles. The molecule has 3 aliphatic rings. The molecule has 1 saturated carbocycles. The lowest BCUT2D eigenvalue weighted by Gasteiger charge is -2.50. The zero-order valence-corrected chi connectivity index (χ0v) is 26.3. The molecule has 0 bridgehead atoms. The lowest BCUT2D eigenvalue weighted by molar-refractivity contribution is 0.0712. The monoisotopic (exact) mass is 599 g/mol. The van der Waals surface area contributed by atoms with Gasteiger partial charge in [-0.05, 0) is 83.4 Å². The van der Waals surface area contributed by atoms with Gasteiger partial charge in [0.2, 0.25) is 0 Å². The number of likely N-dealkylation sites (N-methyl/N-ethyl adjacent to an activating group) is 1. The number of hydrogen-bond acceptors (Lipinski definition) is 10. The predicted octanol–water partition coefficient (Wildman–Crippen LogP) is 4.18. The fourth-order valence-electron chi connectivity index (χ4n) is 7.38. The fraction of sp³-hybridized carbons (Fsp3) is 0.515. The van der Waals surface area contributed by atoms with Crippen LogP contribution in [-0.2, 0) is 24.9 Å². The predicted molar refractivity (Wildman–Crippen MR) is 169 cm³/mol. The van der Waals surface area contributed by atoms with E-state index in [2.05, 4.69) is 46.8 Å². The van der Waals surface area contributed by atoms with Gasteiger partial charge in [-0.25, -0.2) is 9.37 Å². The van der Waals surface area contributed by atoms with E-state index in [9.17, 15) is 5.26 Å². The van der Waals surface area contributed by atoms with Crippen molar-refractivity contribution in [2.24, 2.45) is 5.41 Å². The second-order valence-electron chi connectivity index (χ2n) is 13.3. The van der Waals surface area contributed by atoms with Gasteiger partial charge in [0.05, 0.1) is 35.1 Å². The van der Waals surface area contributed by atoms with Crippen molar-refractivity contribution < 1.29 is 9.13 Å². The van der Waals surface area contributed by atoms with Gasteiger partial charge in [0, 0.05) is 49.3 Å². The van der Waals surface area contributed by atoms with Gasteiger partial charge in [-0.3, -0.25) is 4.90 Å². The van der Waals surface area contributed by atoms with Crippen molar-refractivity contribution in [3.8, 4) is 12.1 Å². The molecule has 10 nitrogen and oxygen atoms in total. The van der Waals surface area contributed by atoms with Gasteiger partial charge in [-0.1, -0.05) is 6.07 Å². The number of hydrogen-bond donors (Lipinski definition) is 2. The summed E-state index contributed by atoms with van der Waals surface area (Å²) in [5.74, 6) is 0.889. The Morgan fingerprint density at radius 2 is 1.95 bits per heavy atom. The minimum Gasteiger partial charge on any atom is -0.463 e. The summed E-state index contributed by atoms with van der Waals surface area (Å²) in [7, 11) is 8.20. The third-order valence-electron chi connectivity index (χ3n) is 9.99. The fourth-order valence-corrected chi connectivity index (χ4v) is 7.38. The quantitative estimate of drug-likeness (QED) is 0.363. The Bertz CT molecular complexity index is 1630. The van der Waals surface area contributed by atoms with Gasteiger partial charge in [0.1, 0.15) is 23.5 Å². The van der Waals surface area contributed by atoms with Crippen LogP contribution in [0.3, 0.4) is 0 Å². The largest absolute Gasteiger partial charge is 0.463 e. The number of nitrogens with two attached hydrogens (primary N) is 2. The SMILES string of the molecule is C[C@H](c1cccnc1N)N(C)c1nc(OCC2(CN(C)C)CC2)nc2c1CN(C)[C@@]1(CCCc3c(F)cc(N)c(C#N)c31)C2. The molecule has 2 atom stereocenters. The summed E-state index contributed by atoms with van der Waals surface area (Å²) in [6, 6.07) is 7.66. The van der Waals surface area contributed by atoms with E-state index in [1.165, 1.54) is 6.07 Å². The lowest BCUT2D eigenvalue weighted by Crippen LogP contribution is -2.51. The van der Waals surface area contributed by atoms with Crippen molar-refractivity contribution >= 4 is 17.3 Å². The number of nitriles is 1. The summed E-state index contributed by atoms with van der Waals surface area (Å²) in [5, 5.41) is 10.2. The van der Waals surface area contributed by atoms with E-state index < -0.39 is 5.54 Å². The van der Waals surface area contributed by atoms with Crippen LogP contribution in [0.5, 0.6) is 6.01 Å². The van der Waals surface area contributed by atoms with Crippen LogP contribution in [0.1, 0.15) is 72.2 Å². The smallest absolute Gasteiger partial charge is 0.318 e. The summed E-state index contributed by atoms with van der Waals surface area (Å²) in [6.45, 7) is 4.06. The molecular weight excluding hydrogens is 557 g/mol. The Balaban J connectivity index is 1.45. The van der Waals surface area contributed by atoms with Crippen molar-refractivity contribution in [1.82, 2.24) is 24.8 Å². The average Bonchev–Trinajstić information content (AvgIpc) is 3.75. The van der Waals surface area contributed by atoms with E-state index in [1.54, 1.807) is 6.20 Å². The topological polar surface area (TPSA) is 133 Å². The number of pyridine rings is 1. The number of nitrogen functional groups attached to an aromatic ring is 2. The van der Waals surface area contributed by atoms with Crippen LogP contribution in [0.25, 0.3) is 0 Å². The average molecular weight is 600 g/mol. The Morgan fingerprint density at radius 3 is 2.64 bits per heavy atom. The highest BCUT2D eigenvalue weighted by Crippen LogP contribution is 2.50. The van der Waals surface area contributed by atoms with Crippen LogP contribution >= 0.6 is 0 Å². The number of anilines is 3. The van der Waals surface area contributed by atoms with Crippen LogP contribution in [0, 0.1) is 22.6 Å². The summed E-state index contributed by atoms with van der Waals surface area (Å²) in [6.07, 6.45) is 6.51. The molecule has 1 aliphatic heterocycles. The molecule has 3 heterocycles. The van der Waals surface area contributed by atoms with E-state index in [0.717, 1.165) is 54.9 Å². The molecule has 0 unspecified atom stereocenters. The van der Waals surface area contributed by atoms with Gasteiger partial charge < -0.3 is 26.0 Å². The number of ether oxygens (including phenoxy) is 1. The normalized spacial score (nSPS) is 21.0. The van der Waals surface area contributed by atoms with E-state index in [-0.39, 0.29) is 23.0 Å². The molecule has 11 heteroatoms. The van der Waals surface area contributed by atoms with Crippen molar-refractivity contribution in [2.75, 3.05) is 57.7 Å². The van der Waals surface area contributed by atoms with Crippen LogP contribution < -0.4 is 21.1 Å². The summed E-state index contributed by atoms with van der Waals surface area (Å²) >= 11 is 0. The van der Waals surface area contributed by atoms with Gasteiger partial charge >= 0.3 is 6.01 Å². The third kappa shape index (κ3) is 5.10. The minimum absolute atomic E-state index is 0.104. The molecule has 6 rings (SSSR count). The summed E-state index contributed by atoms with van der Waals surface area (Å²) in [5.41, 5.74) is 16.5. The molecule has 232 valence electrons. The number of nitrogens with zero attached hydrogens (tertiary/aromatic N) is 7. The highest BCUT2D eigenvalue weighted by atomic mass is 19.1. The van der Waals surface area contributed by atoms with Crippen molar-refractivity contribution in [2.45, 2.75) is 63.6 Å². The second kappa shape index (κ2) is 11.2. The molecule has 0 saturated heterocycles. The standard InChI is InChI=1S/C33H42FN9O/c1-20(21-9-7-13-38-29(21)37)43(5)30-24-17-42(4)33(10-6-8-22-25(34)14-26(36)23(16-35)28(22)33)15-27(24)39-31(40-30)44-19-32(11-12-32)18-41(2)3/h7,9,13-14,20H,6,8,10-12,15,17-19,36H2,1-5H3,(H2,37,38)/t20-,33+/m1/s1. The van der Waals surface area contributed by atoms with Gasteiger partial charge in [0.15, 0.2) is 0 Å². The zero-order valence-electron chi connectivity index (χ0n) is 26.3. The molecule has 0 radical (unpaired) electrons. The number of aromatic nitrogens is 3. The van der Waals surface area contributed by atoms with Crippen LogP contribution in [-0.4, -0.2) is 66.1 Å². The van der Waals surface area contributed by atoms with E-state index >= 15 is 4.39 Å². The maximum Gasteiger partial charge on any atom is 0.318 e. The lowest BCUT2D eigenvalue weighted by atomic mass is 9.68. The Morgan fingerprint density at radius 1 is 1.18 bits per heavy atom. The Labute approximate surface area is 258 Å². The number of fused-ring (bicyclic) bond motifs is 3. The first-order valence-electron chi connectivity index (χ1n) is 15.3. The zero-order chi connectivity index (χ0) is 31.4. The van der Waals surface area contributed by atoms with Gasteiger partial charge in [-0.2, -0.15) is 15.2 Å². The third-order valence-corrected chi connectivity index (χ3v) is 9.99. The van der Waals surface area contributed by atoms with E-state index in [0.29, 0.717) is 54.5 Å². The van der Waals surface area contributed by atoms with Crippen LogP contribution in [0.15, 0.2) is 24.4 Å². The molecule has 4 N–H and O–H groups in total. The molecule has 1 spiro atoms. The molecule has 3 aromatic rings.